The first-order valence-electron chi connectivity index (χ1n) is 5.53. The van der Waals surface area contributed by atoms with Crippen molar-refractivity contribution in [1.29, 1.82) is 0 Å². The highest BCUT2D eigenvalue weighted by Gasteiger charge is 2.06. The molecule has 0 aliphatic carbocycles. The Bertz CT molecular complexity index is 549. The minimum Gasteiger partial charge on any atom is -0.508 e. The topological polar surface area (TPSA) is 55.5 Å². The molecule has 0 amide bonds. The van der Waals surface area contributed by atoms with Crippen LogP contribution in [0, 0.1) is 6.92 Å². The Labute approximate surface area is 111 Å². The summed E-state index contributed by atoms with van der Waals surface area (Å²) in [6.45, 7) is 2.33. The lowest BCUT2D eigenvalue weighted by Gasteiger charge is -2.12. The van der Waals surface area contributed by atoms with E-state index in [1.807, 2.05) is 25.1 Å². The number of hydrogen-bond acceptors (Lipinski definition) is 3. The summed E-state index contributed by atoms with van der Waals surface area (Å²) >= 11 is 5.96. The molecule has 0 aliphatic rings. The first kappa shape index (κ1) is 12.6. The second kappa shape index (κ2) is 5.19. The second-order valence-corrected chi connectivity index (χ2v) is 4.45. The van der Waals surface area contributed by atoms with Crippen LogP contribution in [0.5, 0.6) is 11.5 Å². The molecule has 0 atom stereocenters. The standard InChI is InChI=1S/C14H14ClNO2/c1-9-3-2-4-13(16)11(9)8-18-14-6-5-10(17)7-12(14)15/h2-7,17H,8,16H2,1H3. The van der Waals surface area contributed by atoms with Crippen molar-refractivity contribution in [2.24, 2.45) is 0 Å². The summed E-state index contributed by atoms with van der Waals surface area (Å²) in [7, 11) is 0. The SMILES string of the molecule is Cc1cccc(N)c1COc1ccc(O)cc1Cl. The molecule has 0 aromatic heterocycles. The van der Waals surface area contributed by atoms with Crippen molar-refractivity contribution < 1.29 is 9.84 Å². The molecule has 2 rings (SSSR count). The van der Waals surface area contributed by atoms with Gasteiger partial charge in [-0.15, -0.1) is 0 Å². The minimum absolute atomic E-state index is 0.114. The van der Waals surface area contributed by atoms with Crippen LogP contribution in [0.2, 0.25) is 5.02 Å². The van der Waals surface area contributed by atoms with Gasteiger partial charge in [-0.2, -0.15) is 0 Å². The fraction of sp³-hybridized carbons (Fsp3) is 0.143. The predicted molar refractivity (Wildman–Crippen MR) is 73.0 cm³/mol. The number of anilines is 1. The number of rotatable bonds is 3. The summed E-state index contributed by atoms with van der Waals surface area (Å²) in [5, 5.41) is 9.63. The van der Waals surface area contributed by atoms with E-state index in [4.69, 9.17) is 22.1 Å². The lowest BCUT2D eigenvalue weighted by Crippen LogP contribution is -2.02. The number of phenolic OH excluding ortho intramolecular Hbond substituents is 1. The zero-order chi connectivity index (χ0) is 13.1. The van der Waals surface area contributed by atoms with Crippen LogP contribution in [0.4, 0.5) is 5.69 Å². The van der Waals surface area contributed by atoms with Gasteiger partial charge in [-0.25, -0.2) is 0 Å². The molecule has 3 N–H and O–H groups in total. The second-order valence-electron chi connectivity index (χ2n) is 4.05. The summed E-state index contributed by atoms with van der Waals surface area (Å²) in [4.78, 5) is 0. The van der Waals surface area contributed by atoms with Gasteiger partial charge in [-0.3, -0.25) is 0 Å². The Morgan fingerprint density at radius 1 is 1.28 bits per heavy atom. The van der Waals surface area contributed by atoms with E-state index in [1.165, 1.54) is 12.1 Å². The molecule has 2 aromatic rings. The van der Waals surface area contributed by atoms with Gasteiger partial charge in [0.05, 0.1) is 5.02 Å². The third-order valence-corrected chi connectivity index (χ3v) is 3.03. The van der Waals surface area contributed by atoms with E-state index in [0.29, 0.717) is 23.1 Å². The van der Waals surface area contributed by atoms with Crippen LogP contribution in [0.15, 0.2) is 36.4 Å². The normalized spacial score (nSPS) is 10.3. The van der Waals surface area contributed by atoms with Crippen LogP contribution in [-0.4, -0.2) is 5.11 Å². The van der Waals surface area contributed by atoms with Crippen molar-refractivity contribution in [3.05, 3.63) is 52.5 Å². The summed E-state index contributed by atoms with van der Waals surface area (Å²) in [5.41, 5.74) is 8.61. The molecule has 0 saturated heterocycles. The van der Waals surface area contributed by atoms with Gasteiger partial charge >= 0.3 is 0 Å². The van der Waals surface area contributed by atoms with E-state index in [9.17, 15) is 5.11 Å². The van der Waals surface area contributed by atoms with E-state index < -0.39 is 0 Å². The number of aryl methyl sites for hydroxylation is 1. The third kappa shape index (κ3) is 2.68. The Morgan fingerprint density at radius 3 is 2.72 bits per heavy atom. The highest BCUT2D eigenvalue weighted by atomic mass is 35.5. The van der Waals surface area contributed by atoms with E-state index in [-0.39, 0.29) is 5.75 Å². The van der Waals surface area contributed by atoms with E-state index >= 15 is 0 Å². The molecular weight excluding hydrogens is 250 g/mol. The quantitative estimate of drug-likeness (QED) is 0.833. The van der Waals surface area contributed by atoms with Gasteiger partial charge in [0.25, 0.3) is 0 Å². The molecule has 2 aromatic carbocycles. The molecule has 4 heteroatoms. The van der Waals surface area contributed by atoms with Crippen molar-refractivity contribution >= 4 is 17.3 Å². The molecule has 94 valence electrons. The zero-order valence-corrected chi connectivity index (χ0v) is 10.7. The first-order chi connectivity index (χ1) is 8.58. The lowest BCUT2D eigenvalue weighted by molar-refractivity contribution is 0.306. The average molecular weight is 264 g/mol. The fourth-order valence-corrected chi connectivity index (χ4v) is 1.91. The van der Waals surface area contributed by atoms with Crippen molar-refractivity contribution in [3.8, 4) is 11.5 Å². The maximum Gasteiger partial charge on any atom is 0.138 e. The maximum atomic E-state index is 9.25. The Balaban J connectivity index is 2.16. The first-order valence-corrected chi connectivity index (χ1v) is 5.91. The molecule has 0 aliphatic heterocycles. The molecule has 18 heavy (non-hydrogen) atoms. The highest BCUT2D eigenvalue weighted by molar-refractivity contribution is 6.32. The van der Waals surface area contributed by atoms with Crippen LogP contribution in [0.25, 0.3) is 0 Å². The van der Waals surface area contributed by atoms with Gasteiger partial charge in [0.2, 0.25) is 0 Å². The van der Waals surface area contributed by atoms with Gasteiger partial charge in [0.15, 0.2) is 0 Å². The number of hydrogen-bond donors (Lipinski definition) is 2. The molecule has 0 bridgehead atoms. The Hall–Kier alpha value is -1.87. The number of aromatic hydroxyl groups is 1. The van der Waals surface area contributed by atoms with Crippen LogP contribution in [-0.2, 0) is 6.61 Å². The number of halogens is 1. The van der Waals surface area contributed by atoms with Gasteiger partial charge in [0, 0.05) is 17.3 Å². The van der Waals surface area contributed by atoms with Gasteiger partial charge in [0.1, 0.15) is 18.1 Å². The van der Waals surface area contributed by atoms with E-state index in [2.05, 4.69) is 0 Å². The van der Waals surface area contributed by atoms with Crippen LogP contribution in [0.1, 0.15) is 11.1 Å². The van der Waals surface area contributed by atoms with Crippen molar-refractivity contribution in [3.63, 3.8) is 0 Å². The average Bonchev–Trinajstić information content (AvgIpc) is 2.31. The summed E-state index contributed by atoms with van der Waals surface area (Å²) in [6, 6.07) is 10.3. The minimum atomic E-state index is 0.114. The van der Waals surface area contributed by atoms with Crippen LogP contribution >= 0.6 is 11.6 Å². The lowest BCUT2D eigenvalue weighted by atomic mass is 10.1. The summed E-state index contributed by atoms with van der Waals surface area (Å²) < 4.78 is 5.62. The number of ether oxygens (including phenoxy) is 1. The number of phenols is 1. The van der Waals surface area contributed by atoms with Gasteiger partial charge in [-0.05, 0) is 30.7 Å². The van der Waals surface area contributed by atoms with Crippen molar-refractivity contribution in [1.82, 2.24) is 0 Å². The van der Waals surface area contributed by atoms with Gasteiger partial charge < -0.3 is 15.6 Å². The molecule has 0 heterocycles. The summed E-state index contributed by atoms with van der Waals surface area (Å²) in [6.07, 6.45) is 0. The maximum absolute atomic E-state index is 9.25. The highest BCUT2D eigenvalue weighted by Crippen LogP contribution is 2.29. The molecule has 0 fully saturated rings. The van der Waals surface area contributed by atoms with E-state index in [1.54, 1.807) is 6.07 Å². The number of benzene rings is 2. The number of nitrogens with two attached hydrogens (primary N) is 1. The largest absolute Gasteiger partial charge is 0.508 e. The predicted octanol–water partition coefficient (Wildman–Crippen LogP) is 3.52. The van der Waals surface area contributed by atoms with Crippen LogP contribution < -0.4 is 10.5 Å². The smallest absolute Gasteiger partial charge is 0.138 e. The molecule has 0 radical (unpaired) electrons. The van der Waals surface area contributed by atoms with Crippen LogP contribution in [0.3, 0.4) is 0 Å². The molecular formula is C14H14ClNO2. The molecule has 0 unspecified atom stereocenters. The van der Waals surface area contributed by atoms with Crippen molar-refractivity contribution in [2.75, 3.05) is 5.73 Å². The monoisotopic (exact) mass is 263 g/mol. The zero-order valence-electron chi connectivity index (χ0n) is 9.98. The van der Waals surface area contributed by atoms with Gasteiger partial charge in [-0.1, -0.05) is 23.7 Å². The van der Waals surface area contributed by atoms with Crippen molar-refractivity contribution in [2.45, 2.75) is 13.5 Å². The molecule has 0 saturated carbocycles. The number of nitrogen functional groups attached to an aromatic ring is 1. The fourth-order valence-electron chi connectivity index (χ4n) is 1.68. The molecule has 3 nitrogen and oxygen atoms in total. The third-order valence-electron chi connectivity index (χ3n) is 2.73. The Kier molecular flexibility index (Phi) is 3.63. The summed E-state index contributed by atoms with van der Waals surface area (Å²) in [5.74, 6) is 0.639. The van der Waals surface area contributed by atoms with E-state index in [0.717, 1.165) is 11.1 Å². The molecule has 0 spiro atoms. The Morgan fingerprint density at radius 2 is 2.06 bits per heavy atom.